The Morgan fingerprint density at radius 2 is 1.95 bits per heavy atom. The first kappa shape index (κ1) is 16.0. The van der Waals surface area contributed by atoms with E-state index in [1.54, 1.807) is 0 Å². The lowest BCUT2D eigenvalue weighted by Gasteiger charge is -2.26. The number of carbonyl (C=O) groups excluding carboxylic acids is 1. The van der Waals surface area contributed by atoms with Gasteiger partial charge in [-0.05, 0) is 24.8 Å². The SMILES string of the molecule is NC(CCC(=O)NCC1(CO)CCCC1)c1ccccc1. The van der Waals surface area contributed by atoms with Crippen molar-refractivity contribution in [1.82, 2.24) is 5.32 Å². The molecular formula is C17H26N2O2. The normalized spacial score (nSPS) is 18.4. The fraction of sp³-hybridized carbons (Fsp3) is 0.588. The minimum absolute atomic E-state index is 0.0288. The summed E-state index contributed by atoms with van der Waals surface area (Å²) in [7, 11) is 0. The molecule has 1 unspecified atom stereocenters. The van der Waals surface area contributed by atoms with Crippen LogP contribution in [-0.2, 0) is 4.79 Å². The Kier molecular flexibility index (Phi) is 5.76. The molecule has 1 fully saturated rings. The van der Waals surface area contributed by atoms with Crippen molar-refractivity contribution in [1.29, 1.82) is 0 Å². The maximum atomic E-state index is 11.9. The summed E-state index contributed by atoms with van der Waals surface area (Å²) in [4.78, 5) is 11.9. The molecule has 1 aromatic rings. The van der Waals surface area contributed by atoms with Crippen LogP contribution in [0.5, 0.6) is 0 Å². The van der Waals surface area contributed by atoms with Crippen LogP contribution in [0.15, 0.2) is 30.3 Å². The summed E-state index contributed by atoms with van der Waals surface area (Å²) in [5, 5.41) is 12.5. The maximum absolute atomic E-state index is 11.9. The van der Waals surface area contributed by atoms with Gasteiger partial charge in [-0.3, -0.25) is 4.79 Å². The molecule has 0 aromatic heterocycles. The Morgan fingerprint density at radius 1 is 1.29 bits per heavy atom. The second-order valence-electron chi connectivity index (χ2n) is 6.20. The van der Waals surface area contributed by atoms with Crippen LogP contribution < -0.4 is 11.1 Å². The molecule has 1 aliphatic rings. The summed E-state index contributed by atoms with van der Waals surface area (Å²) in [6, 6.07) is 9.75. The molecule has 0 spiro atoms. The van der Waals surface area contributed by atoms with Crippen LogP contribution in [0.4, 0.5) is 0 Å². The van der Waals surface area contributed by atoms with Gasteiger partial charge in [-0.25, -0.2) is 0 Å². The molecular weight excluding hydrogens is 264 g/mol. The predicted octanol–water partition coefficient (Wildman–Crippen LogP) is 2.14. The lowest BCUT2D eigenvalue weighted by molar-refractivity contribution is -0.121. The van der Waals surface area contributed by atoms with Crippen LogP contribution >= 0.6 is 0 Å². The first-order chi connectivity index (χ1) is 10.2. The van der Waals surface area contributed by atoms with Crippen molar-refractivity contribution in [2.75, 3.05) is 13.2 Å². The third kappa shape index (κ3) is 4.55. The van der Waals surface area contributed by atoms with Crippen molar-refractivity contribution < 1.29 is 9.90 Å². The summed E-state index contributed by atoms with van der Waals surface area (Å²) in [5.41, 5.74) is 7.07. The highest BCUT2D eigenvalue weighted by atomic mass is 16.3. The van der Waals surface area contributed by atoms with Crippen LogP contribution in [0, 0.1) is 5.41 Å². The lowest BCUT2D eigenvalue weighted by atomic mass is 9.87. The van der Waals surface area contributed by atoms with Gasteiger partial charge in [-0.2, -0.15) is 0 Å². The number of aliphatic hydroxyl groups excluding tert-OH is 1. The number of aliphatic hydroxyl groups is 1. The lowest BCUT2D eigenvalue weighted by Crippen LogP contribution is -2.38. The molecule has 1 atom stereocenters. The molecule has 0 bridgehead atoms. The molecule has 1 amide bonds. The van der Waals surface area contributed by atoms with Crippen molar-refractivity contribution in [3.8, 4) is 0 Å². The summed E-state index contributed by atoms with van der Waals surface area (Å²) in [6.45, 7) is 0.750. The molecule has 0 radical (unpaired) electrons. The topological polar surface area (TPSA) is 75.4 Å². The molecule has 1 saturated carbocycles. The molecule has 0 heterocycles. The van der Waals surface area contributed by atoms with Crippen LogP contribution in [-0.4, -0.2) is 24.2 Å². The van der Waals surface area contributed by atoms with E-state index in [2.05, 4.69) is 5.32 Å². The van der Waals surface area contributed by atoms with E-state index in [0.717, 1.165) is 31.2 Å². The van der Waals surface area contributed by atoms with Gasteiger partial charge in [-0.1, -0.05) is 43.2 Å². The summed E-state index contributed by atoms with van der Waals surface area (Å²) in [5.74, 6) is 0.0288. The van der Waals surface area contributed by atoms with Gasteiger partial charge in [0.25, 0.3) is 0 Å². The molecule has 116 valence electrons. The van der Waals surface area contributed by atoms with Crippen molar-refractivity contribution in [3.63, 3.8) is 0 Å². The van der Waals surface area contributed by atoms with Gasteiger partial charge in [0.1, 0.15) is 0 Å². The summed E-state index contributed by atoms with van der Waals surface area (Å²) >= 11 is 0. The van der Waals surface area contributed by atoms with Gasteiger partial charge in [0.2, 0.25) is 5.91 Å². The van der Waals surface area contributed by atoms with Gasteiger partial charge in [0.05, 0.1) is 6.61 Å². The minimum Gasteiger partial charge on any atom is -0.396 e. The van der Waals surface area contributed by atoms with Gasteiger partial charge in [0, 0.05) is 24.4 Å². The molecule has 0 aliphatic heterocycles. The Bertz CT molecular complexity index is 441. The molecule has 1 aromatic carbocycles. The Morgan fingerprint density at radius 3 is 2.57 bits per heavy atom. The van der Waals surface area contributed by atoms with Crippen molar-refractivity contribution in [2.24, 2.45) is 11.1 Å². The Labute approximate surface area is 126 Å². The highest BCUT2D eigenvalue weighted by molar-refractivity contribution is 5.75. The smallest absolute Gasteiger partial charge is 0.220 e. The number of hydrogen-bond donors (Lipinski definition) is 3. The van der Waals surface area contributed by atoms with Crippen LogP contribution in [0.3, 0.4) is 0 Å². The fourth-order valence-corrected chi connectivity index (χ4v) is 3.04. The molecule has 2 rings (SSSR count). The Balaban J connectivity index is 1.72. The minimum atomic E-state index is -0.102. The highest BCUT2D eigenvalue weighted by Crippen LogP contribution is 2.36. The third-order valence-corrected chi connectivity index (χ3v) is 4.57. The van der Waals surface area contributed by atoms with E-state index in [4.69, 9.17) is 5.73 Å². The number of amides is 1. The monoisotopic (exact) mass is 290 g/mol. The van der Waals surface area contributed by atoms with E-state index in [-0.39, 0.29) is 24.0 Å². The summed E-state index contributed by atoms with van der Waals surface area (Å²) < 4.78 is 0. The maximum Gasteiger partial charge on any atom is 0.220 e. The van der Waals surface area contributed by atoms with Gasteiger partial charge in [0.15, 0.2) is 0 Å². The first-order valence-corrected chi connectivity index (χ1v) is 7.83. The average Bonchev–Trinajstić information content (AvgIpc) is 3.01. The summed E-state index contributed by atoms with van der Waals surface area (Å²) in [6.07, 6.45) is 5.38. The number of carbonyl (C=O) groups is 1. The number of nitrogens with two attached hydrogens (primary N) is 1. The second kappa shape index (κ2) is 7.57. The van der Waals surface area contributed by atoms with Crippen molar-refractivity contribution in [2.45, 2.75) is 44.6 Å². The van der Waals surface area contributed by atoms with Crippen LogP contribution in [0.1, 0.15) is 50.1 Å². The van der Waals surface area contributed by atoms with Crippen LogP contribution in [0.2, 0.25) is 0 Å². The molecule has 4 heteroatoms. The zero-order valence-corrected chi connectivity index (χ0v) is 12.6. The predicted molar refractivity (Wildman–Crippen MR) is 83.6 cm³/mol. The largest absolute Gasteiger partial charge is 0.396 e. The first-order valence-electron chi connectivity index (χ1n) is 7.83. The van der Waals surface area contributed by atoms with Crippen molar-refractivity contribution in [3.05, 3.63) is 35.9 Å². The average molecular weight is 290 g/mol. The van der Waals surface area contributed by atoms with E-state index in [9.17, 15) is 9.90 Å². The van der Waals surface area contributed by atoms with Gasteiger partial charge in [-0.15, -0.1) is 0 Å². The molecule has 4 N–H and O–H groups in total. The van der Waals surface area contributed by atoms with Gasteiger partial charge < -0.3 is 16.2 Å². The number of hydrogen-bond acceptors (Lipinski definition) is 3. The fourth-order valence-electron chi connectivity index (χ4n) is 3.04. The van der Waals surface area contributed by atoms with E-state index in [0.29, 0.717) is 19.4 Å². The molecule has 1 aliphatic carbocycles. The van der Waals surface area contributed by atoms with Crippen molar-refractivity contribution >= 4 is 5.91 Å². The molecule has 4 nitrogen and oxygen atoms in total. The van der Waals surface area contributed by atoms with E-state index in [1.165, 1.54) is 0 Å². The third-order valence-electron chi connectivity index (χ3n) is 4.57. The Hall–Kier alpha value is -1.39. The zero-order valence-electron chi connectivity index (χ0n) is 12.6. The zero-order chi connectivity index (χ0) is 15.1. The van der Waals surface area contributed by atoms with Crippen LogP contribution in [0.25, 0.3) is 0 Å². The van der Waals surface area contributed by atoms with E-state index >= 15 is 0 Å². The molecule has 0 saturated heterocycles. The number of nitrogens with one attached hydrogen (secondary N) is 1. The molecule has 21 heavy (non-hydrogen) atoms. The number of rotatable bonds is 7. The van der Waals surface area contributed by atoms with E-state index in [1.807, 2.05) is 30.3 Å². The second-order valence-corrected chi connectivity index (χ2v) is 6.20. The number of benzene rings is 1. The van der Waals surface area contributed by atoms with E-state index < -0.39 is 0 Å². The van der Waals surface area contributed by atoms with Gasteiger partial charge >= 0.3 is 0 Å². The quantitative estimate of drug-likeness (QED) is 0.720. The highest BCUT2D eigenvalue weighted by Gasteiger charge is 2.33. The standard InChI is InChI=1S/C17H26N2O2/c18-15(14-6-2-1-3-7-14)8-9-16(21)19-12-17(13-20)10-4-5-11-17/h1-3,6-7,15,20H,4-5,8-13,18H2,(H,19,21).